The summed E-state index contributed by atoms with van der Waals surface area (Å²) < 4.78 is 16.5. The second-order valence-corrected chi connectivity index (χ2v) is 15.3. The number of hydroxylamine groups is 1. The van der Waals surface area contributed by atoms with Gasteiger partial charge in [0.15, 0.2) is 17.6 Å². The summed E-state index contributed by atoms with van der Waals surface area (Å²) in [7, 11) is 2.66. The van der Waals surface area contributed by atoms with Crippen LogP contribution in [-0.4, -0.2) is 49.0 Å². The largest absolute Gasteiger partial charge is 0.493 e. The second kappa shape index (κ2) is 13.7. The normalized spacial score (nSPS) is 20.9. The van der Waals surface area contributed by atoms with Crippen LogP contribution in [0.15, 0.2) is 72.8 Å². The summed E-state index contributed by atoms with van der Waals surface area (Å²) >= 11 is 1.25. The fourth-order valence-corrected chi connectivity index (χ4v) is 8.81. The lowest BCUT2D eigenvalue weighted by Gasteiger charge is -2.33. The minimum absolute atomic E-state index is 0.0110. The molecule has 2 aliphatic heterocycles. The van der Waals surface area contributed by atoms with Gasteiger partial charge in [-0.2, -0.15) is 0 Å². The molecule has 4 atom stereocenters. The number of rotatable bonds is 8. The van der Waals surface area contributed by atoms with Crippen LogP contribution in [0.25, 0.3) is 0 Å². The first-order valence-corrected chi connectivity index (χ1v) is 17.9. The number of fused-ring (bicyclic) bond motifs is 2. The van der Waals surface area contributed by atoms with Gasteiger partial charge in [0.25, 0.3) is 11.6 Å². The number of esters is 2. The molecule has 2 amide bonds. The molecule has 7 rings (SSSR count). The average Bonchev–Trinajstić information content (AvgIpc) is 3.80. The van der Waals surface area contributed by atoms with Gasteiger partial charge in [0.05, 0.1) is 42.0 Å². The number of imide groups is 1. The molecular weight excluding hydrogens is 703 g/mol. The number of amides is 2. The number of benzene rings is 3. The number of anilines is 2. The highest BCUT2D eigenvalue weighted by Crippen LogP contribution is 2.52. The van der Waals surface area contributed by atoms with Crippen molar-refractivity contribution in [2.75, 3.05) is 24.2 Å². The summed E-state index contributed by atoms with van der Waals surface area (Å²) in [6, 6.07) is 17.8. The summed E-state index contributed by atoms with van der Waals surface area (Å²) in [5, 5.41) is 13.3. The first kappa shape index (κ1) is 35.8. The third-order valence-electron chi connectivity index (χ3n) is 10.2. The van der Waals surface area contributed by atoms with Crippen LogP contribution in [-0.2, 0) is 32.0 Å². The van der Waals surface area contributed by atoms with E-state index in [2.05, 4.69) is 20.8 Å². The van der Waals surface area contributed by atoms with Crippen molar-refractivity contribution < 1.29 is 43.1 Å². The molecule has 2 saturated heterocycles. The van der Waals surface area contributed by atoms with Gasteiger partial charge in [-0.15, -0.1) is 11.3 Å². The van der Waals surface area contributed by atoms with Crippen molar-refractivity contribution in [3.05, 3.63) is 110 Å². The third kappa shape index (κ3) is 6.31. The third-order valence-corrected chi connectivity index (χ3v) is 11.5. The van der Waals surface area contributed by atoms with E-state index in [-0.39, 0.29) is 38.9 Å². The van der Waals surface area contributed by atoms with Crippen LogP contribution in [0.2, 0.25) is 0 Å². The summed E-state index contributed by atoms with van der Waals surface area (Å²) in [6.45, 7) is 6.52. The van der Waals surface area contributed by atoms with Crippen LogP contribution in [0.4, 0.5) is 16.4 Å². The van der Waals surface area contributed by atoms with E-state index in [1.165, 1.54) is 54.9 Å². The molecule has 3 heterocycles. The molecule has 0 radical (unpaired) electrons. The summed E-state index contributed by atoms with van der Waals surface area (Å²) in [6.07, 6.45) is 0.797. The van der Waals surface area contributed by atoms with Gasteiger partial charge in [-0.1, -0.05) is 51.1 Å². The lowest BCUT2D eigenvalue weighted by atomic mass is 9.72. The van der Waals surface area contributed by atoms with Gasteiger partial charge >= 0.3 is 11.9 Å². The number of carbonyl (C=O) groups excluding carboxylic acids is 4. The SMILES string of the molecule is COC(=O)c1c(N2C(=O)[C@H]3[C@@H](c4ccc(OC(=O)c5ccccc5)c(OC)c4)N(c4cccc([N+](=O)[O-])c4)O[C@H]3C2=O)sc2c1CC[C@H](C(C)(C)C)C2. The zero-order valence-corrected chi connectivity index (χ0v) is 30.5. The van der Waals surface area contributed by atoms with E-state index in [9.17, 15) is 29.3 Å². The molecule has 14 heteroatoms. The molecule has 0 saturated carbocycles. The van der Waals surface area contributed by atoms with Crippen LogP contribution in [0, 0.1) is 27.4 Å². The standard InChI is InChI=1S/C39H37N3O10S/c1-39(2,3)23-15-16-26-29(19-23)53-36(30(26)38(46)50-5)40-34(43)31-32(41(52-33(31)35(40)44)24-12-9-13-25(20-24)42(47)48)22-14-17-27(28(18-22)49-4)51-37(45)21-10-7-6-8-11-21/h6-14,17-18,20,23,31-33H,15-16,19H2,1-5H3/t23-,31-,32+,33+/m0/s1. The number of nitrogens with zero attached hydrogens (tertiary/aromatic N) is 3. The summed E-state index contributed by atoms with van der Waals surface area (Å²) in [5.74, 6) is -3.06. The highest BCUT2D eigenvalue weighted by Gasteiger charge is 2.61. The van der Waals surface area contributed by atoms with Gasteiger partial charge in [0, 0.05) is 17.0 Å². The molecule has 53 heavy (non-hydrogen) atoms. The van der Waals surface area contributed by atoms with Crippen LogP contribution >= 0.6 is 11.3 Å². The molecular formula is C39H37N3O10S. The lowest BCUT2D eigenvalue weighted by Crippen LogP contribution is -2.37. The highest BCUT2D eigenvalue weighted by molar-refractivity contribution is 7.17. The van der Waals surface area contributed by atoms with Crippen molar-refractivity contribution in [1.82, 2.24) is 0 Å². The van der Waals surface area contributed by atoms with Crippen molar-refractivity contribution in [2.24, 2.45) is 17.3 Å². The van der Waals surface area contributed by atoms with E-state index in [0.717, 1.165) is 21.8 Å². The molecule has 0 spiro atoms. The van der Waals surface area contributed by atoms with E-state index in [0.29, 0.717) is 29.9 Å². The van der Waals surface area contributed by atoms with Crippen LogP contribution in [0.3, 0.4) is 0 Å². The van der Waals surface area contributed by atoms with Gasteiger partial charge in [-0.3, -0.25) is 24.5 Å². The van der Waals surface area contributed by atoms with Gasteiger partial charge in [-0.05, 0) is 72.1 Å². The van der Waals surface area contributed by atoms with Crippen molar-refractivity contribution >= 4 is 51.5 Å². The van der Waals surface area contributed by atoms with E-state index in [1.807, 2.05) is 0 Å². The Labute approximate surface area is 309 Å². The van der Waals surface area contributed by atoms with Gasteiger partial charge in [0.2, 0.25) is 5.91 Å². The average molecular weight is 740 g/mol. The molecule has 0 bridgehead atoms. The van der Waals surface area contributed by atoms with Crippen molar-refractivity contribution in [3.63, 3.8) is 0 Å². The van der Waals surface area contributed by atoms with E-state index < -0.39 is 46.7 Å². The quantitative estimate of drug-likeness (QED) is 0.0611. The monoisotopic (exact) mass is 739 g/mol. The fourth-order valence-electron chi connectivity index (χ4n) is 7.39. The molecule has 274 valence electrons. The number of hydrogen-bond acceptors (Lipinski definition) is 12. The minimum atomic E-state index is -1.33. The molecule has 2 fully saturated rings. The maximum absolute atomic E-state index is 14.7. The first-order valence-electron chi connectivity index (χ1n) is 17.1. The zero-order chi connectivity index (χ0) is 37.8. The van der Waals surface area contributed by atoms with Crippen molar-refractivity contribution in [3.8, 4) is 11.5 Å². The first-order chi connectivity index (χ1) is 25.3. The molecule has 1 aromatic heterocycles. The number of non-ortho nitro benzene ring substituents is 1. The Morgan fingerprint density at radius 1 is 0.943 bits per heavy atom. The van der Waals surface area contributed by atoms with Crippen molar-refractivity contribution in [1.29, 1.82) is 0 Å². The Balaban J connectivity index is 1.30. The molecule has 1 aliphatic carbocycles. The van der Waals surface area contributed by atoms with E-state index in [1.54, 1.807) is 48.5 Å². The maximum atomic E-state index is 14.7. The van der Waals surface area contributed by atoms with Gasteiger partial charge < -0.3 is 14.2 Å². The Morgan fingerprint density at radius 2 is 1.70 bits per heavy atom. The van der Waals surface area contributed by atoms with E-state index >= 15 is 0 Å². The lowest BCUT2D eigenvalue weighted by molar-refractivity contribution is -0.384. The molecule has 13 nitrogen and oxygen atoms in total. The number of hydrogen-bond donors (Lipinski definition) is 0. The van der Waals surface area contributed by atoms with Crippen LogP contribution < -0.4 is 19.4 Å². The van der Waals surface area contributed by atoms with Gasteiger partial charge in [0.1, 0.15) is 10.9 Å². The highest BCUT2D eigenvalue weighted by atomic mass is 32.1. The zero-order valence-electron chi connectivity index (χ0n) is 29.7. The topological polar surface area (TPSA) is 155 Å². The smallest absolute Gasteiger partial charge is 0.343 e. The molecule has 0 unspecified atom stereocenters. The number of thiophene rings is 1. The van der Waals surface area contributed by atoms with Crippen LogP contribution in [0.5, 0.6) is 11.5 Å². The molecule has 3 aliphatic rings. The predicted molar refractivity (Wildman–Crippen MR) is 194 cm³/mol. The second-order valence-electron chi connectivity index (χ2n) is 14.3. The van der Waals surface area contributed by atoms with E-state index in [4.69, 9.17) is 19.0 Å². The Morgan fingerprint density at radius 3 is 2.38 bits per heavy atom. The van der Waals surface area contributed by atoms with Crippen molar-refractivity contribution in [2.45, 2.75) is 52.2 Å². The Hall–Kier alpha value is -5.60. The fraction of sp³-hybridized carbons (Fsp3) is 0.333. The van der Waals surface area contributed by atoms with Gasteiger partial charge in [-0.25, -0.2) is 19.6 Å². The Kier molecular flexibility index (Phi) is 9.28. The molecule has 0 N–H and O–H groups in total. The Bertz CT molecular complexity index is 2140. The summed E-state index contributed by atoms with van der Waals surface area (Å²) in [5.41, 5.74) is 1.79. The number of carbonyl (C=O) groups is 4. The minimum Gasteiger partial charge on any atom is -0.493 e. The molecule has 3 aromatic carbocycles. The predicted octanol–water partition coefficient (Wildman–Crippen LogP) is 6.87. The number of nitro benzene ring substituents is 1. The number of methoxy groups -OCH3 is 2. The molecule has 4 aromatic rings. The summed E-state index contributed by atoms with van der Waals surface area (Å²) in [4.78, 5) is 74.8. The maximum Gasteiger partial charge on any atom is 0.343 e. The number of nitro groups is 1. The van der Waals surface area contributed by atoms with Crippen LogP contribution in [0.1, 0.15) is 70.0 Å². The number of ether oxygens (including phenoxy) is 3.